The molecule has 0 spiro atoms. The zero-order chi connectivity index (χ0) is 32.2. The van der Waals surface area contributed by atoms with E-state index in [4.69, 9.17) is 36.5 Å². The standard InChI is InChI=1S/C25H52N6O12/c1-25(40)8-41-24(19(38)22(25)29-2)43-20-11(31-23(39)12(33)4-26)3-10(28)14(16(20)35)21-18(37)17(36)15(34)13(42-21)6-30-5-9(27)7-32/h9-24,29-40H,3-8,26-28H2,1-2H3. The van der Waals surface area contributed by atoms with Gasteiger partial charge in [0.2, 0.25) is 0 Å². The van der Waals surface area contributed by atoms with Gasteiger partial charge in [0.05, 0.1) is 37.6 Å². The molecule has 0 aromatic heterocycles. The Morgan fingerprint density at radius 2 is 1.72 bits per heavy atom. The summed E-state index contributed by atoms with van der Waals surface area (Å²) in [7, 11) is 1.54. The van der Waals surface area contributed by atoms with Gasteiger partial charge >= 0.3 is 0 Å². The Kier molecular flexibility index (Phi) is 13.4. The van der Waals surface area contributed by atoms with Gasteiger partial charge < -0.3 is 88.0 Å². The van der Waals surface area contributed by atoms with Crippen molar-refractivity contribution < 1.29 is 60.2 Å². The Morgan fingerprint density at radius 3 is 2.33 bits per heavy atom. The van der Waals surface area contributed by atoms with Crippen molar-refractivity contribution in [1.29, 1.82) is 0 Å². The molecule has 0 amide bonds. The van der Waals surface area contributed by atoms with E-state index >= 15 is 0 Å². The smallest absolute Gasteiger partial charge is 0.185 e. The summed E-state index contributed by atoms with van der Waals surface area (Å²) in [4.78, 5) is 0. The Labute approximate surface area is 250 Å². The van der Waals surface area contributed by atoms with Crippen LogP contribution in [0.25, 0.3) is 0 Å². The van der Waals surface area contributed by atoms with Crippen molar-refractivity contribution in [2.24, 2.45) is 23.1 Å². The Bertz CT molecular complexity index is 853. The third-order valence-corrected chi connectivity index (χ3v) is 8.69. The molecule has 0 aromatic carbocycles. The van der Waals surface area contributed by atoms with Gasteiger partial charge in [0, 0.05) is 43.7 Å². The lowest BCUT2D eigenvalue weighted by atomic mass is 9.72. The van der Waals surface area contributed by atoms with Crippen LogP contribution in [0.5, 0.6) is 0 Å². The summed E-state index contributed by atoms with van der Waals surface area (Å²) in [6.07, 6.45) is -15.8. The number of hydrogen-bond acceptors (Lipinski definition) is 18. The molecule has 0 radical (unpaired) electrons. The van der Waals surface area contributed by atoms with E-state index in [9.17, 15) is 40.9 Å². The minimum Gasteiger partial charge on any atom is -0.395 e. The van der Waals surface area contributed by atoms with E-state index in [-0.39, 0.29) is 39.3 Å². The van der Waals surface area contributed by atoms with Gasteiger partial charge in [-0.3, -0.25) is 5.32 Å². The highest BCUT2D eigenvalue weighted by Gasteiger charge is 2.56. The maximum atomic E-state index is 11.7. The van der Waals surface area contributed by atoms with Crippen LogP contribution >= 0.6 is 0 Å². The molecule has 3 rings (SSSR count). The summed E-state index contributed by atoms with van der Waals surface area (Å²) in [5.74, 6) is -1.11. The number of nitrogens with two attached hydrogens (primary N) is 3. The zero-order valence-electron chi connectivity index (χ0n) is 24.5. The normalized spacial score (nSPS) is 46.3. The van der Waals surface area contributed by atoms with Crippen LogP contribution in [0.15, 0.2) is 0 Å². The summed E-state index contributed by atoms with van der Waals surface area (Å²) in [6, 6.07) is -3.35. The average Bonchev–Trinajstić information content (AvgIpc) is 2.96. The van der Waals surface area contributed by atoms with Gasteiger partial charge in [-0.05, 0) is 20.4 Å². The molecule has 3 aliphatic rings. The molecule has 0 aromatic rings. The Balaban J connectivity index is 1.87. The SMILES string of the molecule is CNC1C(O)C(OC2C(NC(O)C(O)CN)CC(N)C(C3OC(CNCC(N)CO)C(O)C(O)C3O)C2O)OCC1(C)O. The zero-order valence-corrected chi connectivity index (χ0v) is 24.5. The fraction of sp³-hybridized carbons (Fsp3) is 1.00. The first-order valence-corrected chi connectivity index (χ1v) is 14.6. The lowest BCUT2D eigenvalue weighted by Gasteiger charge is -2.52. The van der Waals surface area contributed by atoms with Crippen LogP contribution in [0, 0.1) is 5.92 Å². The summed E-state index contributed by atoms with van der Waals surface area (Å²) in [6.45, 7) is 0.817. The minimum atomic E-state index is -1.67. The van der Waals surface area contributed by atoms with Crippen LogP contribution in [0.3, 0.4) is 0 Å². The fourth-order valence-corrected chi connectivity index (χ4v) is 6.19. The second kappa shape index (κ2) is 15.7. The molecular formula is C25H52N6O12. The van der Waals surface area contributed by atoms with Crippen molar-refractivity contribution in [2.45, 2.75) is 111 Å². The number of likely N-dealkylation sites (N-methyl/N-ethyl adjacent to an activating group) is 1. The number of rotatable bonds is 13. The molecule has 18 heteroatoms. The Hall–Kier alpha value is -0.720. The van der Waals surface area contributed by atoms with Crippen molar-refractivity contribution in [3.05, 3.63) is 0 Å². The van der Waals surface area contributed by atoms with E-state index < -0.39 is 103 Å². The maximum Gasteiger partial charge on any atom is 0.185 e. The summed E-state index contributed by atoms with van der Waals surface area (Å²) in [5.41, 5.74) is 16.2. The molecule has 43 heavy (non-hydrogen) atoms. The van der Waals surface area contributed by atoms with E-state index in [1.54, 1.807) is 0 Å². The third-order valence-electron chi connectivity index (χ3n) is 8.69. The average molecular weight is 629 g/mol. The fourth-order valence-electron chi connectivity index (χ4n) is 6.19. The van der Waals surface area contributed by atoms with Gasteiger partial charge in [-0.15, -0.1) is 0 Å². The van der Waals surface area contributed by atoms with Gasteiger partial charge in [0.25, 0.3) is 0 Å². The van der Waals surface area contributed by atoms with E-state index in [0.717, 1.165) is 0 Å². The highest BCUT2D eigenvalue weighted by atomic mass is 16.7. The molecule has 1 aliphatic carbocycles. The molecule has 254 valence electrons. The summed E-state index contributed by atoms with van der Waals surface area (Å²) in [5, 5.41) is 104. The van der Waals surface area contributed by atoms with Crippen LogP contribution in [0.4, 0.5) is 0 Å². The van der Waals surface area contributed by atoms with Gasteiger partial charge in [0.1, 0.15) is 48.5 Å². The number of aliphatic hydroxyl groups is 9. The maximum absolute atomic E-state index is 11.7. The third kappa shape index (κ3) is 8.36. The first-order chi connectivity index (χ1) is 20.2. The number of aliphatic hydroxyl groups excluding tert-OH is 8. The molecule has 0 bridgehead atoms. The van der Waals surface area contributed by atoms with Gasteiger partial charge in [-0.25, -0.2) is 0 Å². The summed E-state index contributed by atoms with van der Waals surface area (Å²) < 4.78 is 17.7. The lowest BCUT2D eigenvalue weighted by Crippen LogP contribution is -2.71. The number of nitrogens with one attached hydrogen (secondary N) is 3. The van der Waals surface area contributed by atoms with Crippen molar-refractivity contribution in [3.8, 4) is 0 Å². The largest absolute Gasteiger partial charge is 0.395 e. The van der Waals surface area contributed by atoms with Crippen LogP contribution in [0.1, 0.15) is 13.3 Å². The van der Waals surface area contributed by atoms with Crippen LogP contribution < -0.4 is 33.2 Å². The predicted octanol–water partition coefficient (Wildman–Crippen LogP) is -8.51. The van der Waals surface area contributed by atoms with Crippen molar-refractivity contribution >= 4 is 0 Å². The van der Waals surface area contributed by atoms with Crippen molar-refractivity contribution in [2.75, 3.05) is 39.9 Å². The lowest BCUT2D eigenvalue weighted by molar-refractivity contribution is -0.304. The first kappa shape index (κ1) is 36.7. The number of ether oxygens (including phenoxy) is 3. The molecular weight excluding hydrogens is 576 g/mol. The molecule has 17 atom stereocenters. The minimum absolute atomic E-state index is 0.0176. The quantitative estimate of drug-likeness (QED) is 0.0841. The van der Waals surface area contributed by atoms with Gasteiger partial charge in [0.15, 0.2) is 6.29 Å². The molecule has 18 N–H and O–H groups in total. The second-order valence-electron chi connectivity index (χ2n) is 12.1. The van der Waals surface area contributed by atoms with E-state index in [2.05, 4.69) is 16.0 Å². The molecule has 18 nitrogen and oxygen atoms in total. The second-order valence-corrected chi connectivity index (χ2v) is 12.1. The highest BCUT2D eigenvalue weighted by molar-refractivity contribution is 5.07. The molecule has 3 fully saturated rings. The first-order valence-electron chi connectivity index (χ1n) is 14.6. The van der Waals surface area contributed by atoms with Crippen molar-refractivity contribution in [1.82, 2.24) is 16.0 Å². The molecule has 1 saturated carbocycles. The van der Waals surface area contributed by atoms with Gasteiger partial charge in [-0.2, -0.15) is 0 Å². The van der Waals surface area contributed by atoms with Crippen molar-refractivity contribution in [3.63, 3.8) is 0 Å². The monoisotopic (exact) mass is 628 g/mol. The summed E-state index contributed by atoms with van der Waals surface area (Å²) >= 11 is 0. The van der Waals surface area contributed by atoms with E-state index in [1.165, 1.54) is 14.0 Å². The molecule has 2 saturated heterocycles. The van der Waals surface area contributed by atoms with Crippen LogP contribution in [0.2, 0.25) is 0 Å². The Morgan fingerprint density at radius 1 is 1.05 bits per heavy atom. The van der Waals surface area contributed by atoms with E-state index in [0.29, 0.717) is 0 Å². The molecule has 2 aliphatic heterocycles. The molecule has 2 heterocycles. The topological polar surface area (TPSA) is 324 Å². The van der Waals surface area contributed by atoms with E-state index in [1.807, 2.05) is 0 Å². The van der Waals surface area contributed by atoms with Crippen LogP contribution in [-0.2, 0) is 14.2 Å². The molecule has 17 unspecified atom stereocenters. The predicted molar refractivity (Wildman–Crippen MR) is 149 cm³/mol. The van der Waals surface area contributed by atoms with Gasteiger partial charge in [-0.1, -0.05) is 0 Å². The number of hydrogen-bond donors (Lipinski definition) is 15. The van der Waals surface area contributed by atoms with Crippen LogP contribution in [-0.4, -0.2) is 183 Å². The highest BCUT2D eigenvalue weighted by Crippen LogP contribution is 2.37.